The number of piperidine rings is 1. The number of rotatable bonds is 3. The summed E-state index contributed by atoms with van der Waals surface area (Å²) in [4.78, 5) is 14.1. The zero-order chi connectivity index (χ0) is 17.9. The van der Waals surface area contributed by atoms with Crippen LogP contribution < -0.4 is 5.32 Å². The molecule has 1 saturated heterocycles. The third-order valence-electron chi connectivity index (χ3n) is 4.34. The molecule has 134 valence electrons. The maximum atomic E-state index is 12.3. The molecule has 2 rings (SSSR count). The van der Waals surface area contributed by atoms with Gasteiger partial charge >= 0.3 is 6.09 Å². The molecule has 1 amide bonds. The topological polar surface area (TPSA) is 41.6 Å². The van der Waals surface area contributed by atoms with Gasteiger partial charge in [0.05, 0.1) is 0 Å². The molecule has 1 N–H and O–H groups in total. The van der Waals surface area contributed by atoms with Gasteiger partial charge in [-0.1, -0.05) is 23.7 Å². The maximum Gasteiger partial charge on any atom is 0.410 e. The van der Waals surface area contributed by atoms with Gasteiger partial charge in [-0.15, -0.1) is 0 Å². The molecular formula is C19H29ClN2O2. The van der Waals surface area contributed by atoms with Gasteiger partial charge in [-0.3, -0.25) is 0 Å². The van der Waals surface area contributed by atoms with Crippen LogP contribution in [0.3, 0.4) is 0 Å². The van der Waals surface area contributed by atoms with Gasteiger partial charge in [0.15, 0.2) is 0 Å². The van der Waals surface area contributed by atoms with Gasteiger partial charge in [-0.2, -0.15) is 0 Å². The van der Waals surface area contributed by atoms with Crippen molar-refractivity contribution in [3.63, 3.8) is 0 Å². The van der Waals surface area contributed by atoms with Crippen LogP contribution in [-0.2, 0) is 4.74 Å². The molecule has 0 spiro atoms. The molecule has 0 bridgehead atoms. The van der Waals surface area contributed by atoms with E-state index in [9.17, 15) is 4.79 Å². The Bertz CT molecular complexity index is 571. The fraction of sp³-hybridized carbons (Fsp3) is 0.632. The average molecular weight is 353 g/mol. The Morgan fingerprint density at radius 3 is 2.71 bits per heavy atom. The molecule has 3 atom stereocenters. The lowest BCUT2D eigenvalue weighted by Gasteiger charge is -2.39. The van der Waals surface area contributed by atoms with Crippen LogP contribution in [0.5, 0.6) is 0 Å². The number of benzene rings is 1. The van der Waals surface area contributed by atoms with Crippen LogP contribution in [0, 0.1) is 0 Å². The molecule has 1 aromatic carbocycles. The minimum Gasteiger partial charge on any atom is -0.444 e. The van der Waals surface area contributed by atoms with Crippen LogP contribution in [0.15, 0.2) is 24.3 Å². The summed E-state index contributed by atoms with van der Waals surface area (Å²) in [6.45, 7) is 10.7. The molecule has 1 aromatic rings. The van der Waals surface area contributed by atoms with E-state index in [4.69, 9.17) is 16.3 Å². The number of carbonyl (C=O) groups excluding carboxylic acids is 1. The lowest BCUT2D eigenvalue weighted by atomic mass is 9.97. The molecular weight excluding hydrogens is 324 g/mol. The number of hydrogen-bond donors (Lipinski definition) is 1. The van der Waals surface area contributed by atoms with E-state index >= 15 is 0 Å². The van der Waals surface area contributed by atoms with Gasteiger partial charge in [0.2, 0.25) is 0 Å². The molecule has 0 radical (unpaired) electrons. The molecule has 3 unspecified atom stereocenters. The van der Waals surface area contributed by atoms with Crippen molar-refractivity contribution in [3.8, 4) is 0 Å². The van der Waals surface area contributed by atoms with Crippen molar-refractivity contribution in [2.75, 3.05) is 6.54 Å². The van der Waals surface area contributed by atoms with E-state index in [0.717, 1.165) is 24.4 Å². The van der Waals surface area contributed by atoms with Gasteiger partial charge in [0.1, 0.15) is 5.60 Å². The smallest absolute Gasteiger partial charge is 0.410 e. The van der Waals surface area contributed by atoms with Gasteiger partial charge in [-0.25, -0.2) is 4.79 Å². The zero-order valence-electron chi connectivity index (χ0n) is 15.3. The number of hydrogen-bond acceptors (Lipinski definition) is 3. The molecule has 1 heterocycles. The molecule has 0 aliphatic carbocycles. The van der Waals surface area contributed by atoms with Crippen LogP contribution in [-0.4, -0.2) is 35.2 Å². The summed E-state index contributed by atoms with van der Waals surface area (Å²) in [6, 6.07) is 8.73. The number of amides is 1. The number of likely N-dealkylation sites (tertiary alicyclic amines) is 1. The molecule has 1 aliphatic heterocycles. The SMILES string of the molecule is CC(NC1CCN(C(=O)OC(C)(C)C)C(C)C1)c1cccc(Cl)c1. The first kappa shape index (κ1) is 19.1. The number of ether oxygens (including phenoxy) is 1. The highest BCUT2D eigenvalue weighted by atomic mass is 35.5. The second kappa shape index (κ2) is 7.75. The summed E-state index contributed by atoms with van der Waals surface area (Å²) in [7, 11) is 0. The Labute approximate surface area is 150 Å². The van der Waals surface area contributed by atoms with Crippen molar-refractivity contribution in [2.45, 2.75) is 71.2 Å². The maximum absolute atomic E-state index is 12.3. The van der Waals surface area contributed by atoms with E-state index in [0.29, 0.717) is 6.04 Å². The average Bonchev–Trinajstić information content (AvgIpc) is 2.45. The predicted molar refractivity (Wildman–Crippen MR) is 98.4 cm³/mol. The predicted octanol–water partition coefficient (Wildman–Crippen LogP) is 4.78. The standard InChI is InChI=1S/C19H29ClN2O2/c1-13-11-17(9-10-22(13)18(23)24-19(3,4)5)21-14(2)15-7-6-8-16(20)12-15/h6-8,12-14,17,21H,9-11H2,1-5H3. The van der Waals surface area contributed by atoms with Gasteiger partial charge < -0.3 is 15.0 Å². The second-order valence-electron chi connectivity index (χ2n) is 7.69. The van der Waals surface area contributed by atoms with Gasteiger partial charge in [0.25, 0.3) is 0 Å². The number of carbonyl (C=O) groups is 1. The minimum atomic E-state index is -0.451. The Morgan fingerprint density at radius 2 is 2.12 bits per heavy atom. The van der Waals surface area contributed by atoms with Crippen LogP contribution in [0.25, 0.3) is 0 Å². The first-order valence-electron chi connectivity index (χ1n) is 8.67. The molecule has 1 aliphatic rings. The molecule has 0 saturated carbocycles. The van der Waals surface area contributed by atoms with Crippen LogP contribution in [0.1, 0.15) is 59.1 Å². The zero-order valence-corrected chi connectivity index (χ0v) is 16.1. The minimum absolute atomic E-state index is 0.165. The molecule has 0 aromatic heterocycles. The van der Waals surface area contributed by atoms with Crippen LogP contribution >= 0.6 is 11.6 Å². The number of halogens is 1. The lowest BCUT2D eigenvalue weighted by Crippen LogP contribution is -2.51. The Balaban J connectivity index is 1.90. The van der Waals surface area contributed by atoms with Crippen LogP contribution in [0.4, 0.5) is 4.79 Å². The molecule has 4 nitrogen and oxygen atoms in total. The third kappa shape index (κ3) is 5.38. The highest BCUT2D eigenvalue weighted by Gasteiger charge is 2.32. The lowest BCUT2D eigenvalue weighted by molar-refractivity contribution is 0.00905. The van der Waals surface area contributed by atoms with E-state index in [2.05, 4.69) is 25.2 Å². The molecule has 1 fully saturated rings. The Hall–Kier alpha value is -1.26. The highest BCUT2D eigenvalue weighted by molar-refractivity contribution is 6.30. The Kier molecular flexibility index (Phi) is 6.16. The van der Waals surface area contributed by atoms with Crippen LogP contribution in [0.2, 0.25) is 5.02 Å². The summed E-state index contributed by atoms with van der Waals surface area (Å²) in [5.74, 6) is 0. The van der Waals surface area contributed by atoms with Gasteiger partial charge in [0, 0.05) is 29.7 Å². The fourth-order valence-corrected chi connectivity index (χ4v) is 3.34. The van der Waals surface area contributed by atoms with Crippen molar-refractivity contribution >= 4 is 17.7 Å². The van der Waals surface area contributed by atoms with E-state index in [-0.39, 0.29) is 18.2 Å². The normalized spacial score (nSPS) is 23.0. The van der Waals surface area contributed by atoms with E-state index in [1.807, 2.05) is 43.9 Å². The van der Waals surface area contributed by atoms with Gasteiger partial charge in [-0.05, 0) is 65.2 Å². The number of nitrogens with zero attached hydrogens (tertiary/aromatic N) is 1. The Morgan fingerprint density at radius 1 is 1.42 bits per heavy atom. The third-order valence-corrected chi connectivity index (χ3v) is 4.57. The van der Waals surface area contributed by atoms with Crippen molar-refractivity contribution < 1.29 is 9.53 Å². The van der Waals surface area contributed by atoms with Crippen molar-refractivity contribution in [2.24, 2.45) is 0 Å². The first-order chi connectivity index (χ1) is 11.2. The van der Waals surface area contributed by atoms with E-state index in [1.54, 1.807) is 0 Å². The summed E-state index contributed by atoms with van der Waals surface area (Å²) in [5.41, 5.74) is 0.734. The fourth-order valence-electron chi connectivity index (χ4n) is 3.14. The highest BCUT2D eigenvalue weighted by Crippen LogP contribution is 2.24. The second-order valence-corrected chi connectivity index (χ2v) is 8.12. The monoisotopic (exact) mass is 352 g/mol. The molecule has 24 heavy (non-hydrogen) atoms. The summed E-state index contributed by atoms with van der Waals surface area (Å²) >= 11 is 6.08. The number of nitrogens with one attached hydrogen (secondary N) is 1. The van der Waals surface area contributed by atoms with Crippen molar-refractivity contribution in [3.05, 3.63) is 34.9 Å². The first-order valence-corrected chi connectivity index (χ1v) is 9.04. The summed E-state index contributed by atoms with van der Waals surface area (Å²) < 4.78 is 5.50. The summed E-state index contributed by atoms with van der Waals surface area (Å²) in [6.07, 6.45) is 1.63. The largest absolute Gasteiger partial charge is 0.444 e. The van der Waals surface area contributed by atoms with Crippen molar-refractivity contribution in [1.29, 1.82) is 0 Å². The van der Waals surface area contributed by atoms with E-state index in [1.165, 1.54) is 5.56 Å². The quantitative estimate of drug-likeness (QED) is 0.851. The summed E-state index contributed by atoms with van der Waals surface area (Å²) in [5, 5.41) is 4.42. The molecule has 5 heteroatoms. The van der Waals surface area contributed by atoms with E-state index < -0.39 is 5.60 Å². The van der Waals surface area contributed by atoms with Crippen molar-refractivity contribution in [1.82, 2.24) is 10.2 Å².